The van der Waals surface area contributed by atoms with E-state index in [2.05, 4.69) is 56.4 Å². The van der Waals surface area contributed by atoms with Gasteiger partial charge >= 0.3 is 0 Å². The number of benzene rings is 1. The minimum absolute atomic E-state index is 0.157. The van der Waals surface area contributed by atoms with E-state index in [1.807, 2.05) is 11.3 Å². The SMILES string of the molecule is CC(C)(C)NCc1sc(Cc2ccccc2)nc1C1CC1. The first kappa shape index (κ1) is 14.7. The minimum atomic E-state index is 0.157. The number of nitrogens with zero attached hydrogens (tertiary/aromatic N) is 1. The second-order valence-electron chi connectivity index (χ2n) is 6.96. The summed E-state index contributed by atoms with van der Waals surface area (Å²) in [6.45, 7) is 7.60. The zero-order valence-corrected chi connectivity index (χ0v) is 14.0. The van der Waals surface area contributed by atoms with Crippen molar-refractivity contribution in [1.82, 2.24) is 10.3 Å². The van der Waals surface area contributed by atoms with Crippen molar-refractivity contribution >= 4 is 11.3 Å². The van der Waals surface area contributed by atoms with Crippen LogP contribution in [-0.2, 0) is 13.0 Å². The average Bonchev–Trinajstić information content (AvgIpc) is 3.19. The molecular formula is C18H24N2S. The van der Waals surface area contributed by atoms with Crippen LogP contribution in [-0.4, -0.2) is 10.5 Å². The molecule has 2 nitrogen and oxygen atoms in total. The Morgan fingerprint density at radius 1 is 1.19 bits per heavy atom. The van der Waals surface area contributed by atoms with Crippen LogP contribution in [0, 0.1) is 0 Å². The summed E-state index contributed by atoms with van der Waals surface area (Å²) < 4.78 is 0. The molecule has 0 saturated heterocycles. The molecule has 0 radical (unpaired) electrons. The maximum atomic E-state index is 4.95. The van der Waals surface area contributed by atoms with Gasteiger partial charge in [0, 0.05) is 29.3 Å². The van der Waals surface area contributed by atoms with E-state index in [-0.39, 0.29) is 5.54 Å². The summed E-state index contributed by atoms with van der Waals surface area (Å²) in [4.78, 5) is 6.39. The Bertz CT molecular complexity index is 591. The van der Waals surface area contributed by atoms with E-state index in [4.69, 9.17) is 4.98 Å². The van der Waals surface area contributed by atoms with E-state index in [0.717, 1.165) is 18.9 Å². The fourth-order valence-corrected chi connectivity index (χ4v) is 3.54. The van der Waals surface area contributed by atoms with Crippen molar-refractivity contribution in [2.45, 2.75) is 58.0 Å². The maximum absolute atomic E-state index is 4.95. The molecule has 21 heavy (non-hydrogen) atoms. The summed E-state index contributed by atoms with van der Waals surface area (Å²) in [6, 6.07) is 10.6. The molecule has 1 aromatic heterocycles. The zero-order valence-electron chi connectivity index (χ0n) is 13.1. The van der Waals surface area contributed by atoms with Gasteiger partial charge in [-0.1, -0.05) is 30.3 Å². The smallest absolute Gasteiger partial charge is 0.0975 e. The van der Waals surface area contributed by atoms with Crippen molar-refractivity contribution in [2.75, 3.05) is 0 Å². The molecule has 0 bridgehead atoms. The fraction of sp³-hybridized carbons (Fsp3) is 0.500. The third kappa shape index (κ3) is 4.14. The highest BCUT2D eigenvalue weighted by Crippen LogP contribution is 2.43. The lowest BCUT2D eigenvalue weighted by Crippen LogP contribution is -2.35. The van der Waals surface area contributed by atoms with Crippen molar-refractivity contribution in [3.8, 4) is 0 Å². The highest BCUT2D eigenvalue weighted by atomic mass is 32.1. The van der Waals surface area contributed by atoms with Crippen molar-refractivity contribution < 1.29 is 0 Å². The number of hydrogen-bond donors (Lipinski definition) is 1. The predicted octanol–water partition coefficient (Wildman–Crippen LogP) is 4.50. The highest BCUT2D eigenvalue weighted by molar-refractivity contribution is 7.11. The van der Waals surface area contributed by atoms with Gasteiger partial charge in [0.15, 0.2) is 0 Å². The molecule has 1 saturated carbocycles. The van der Waals surface area contributed by atoms with Gasteiger partial charge in [0.2, 0.25) is 0 Å². The van der Waals surface area contributed by atoms with Gasteiger partial charge in [-0.3, -0.25) is 0 Å². The molecule has 1 aliphatic carbocycles. The van der Waals surface area contributed by atoms with Crippen LogP contribution in [0.3, 0.4) is 0 Å². The van der Waals surface area contributed by atoms with Crippen molar-refractivity contribution in [3.05, 3.63) is 51.5 Å². The lowest BCUT2D eigenvalue weighted by molar-refractivity contribution is 0.425. The lowest BCUT2D eigenvalue weighted by Gasteiger charge is -2.20. The second kappa shape index (κ2) is 5.90. The second-order valence-corrected chi connectivity index (χ2v) is 8.12. The first-order valence-corrected chi connectivity index (χ1v) is 8.60. The number of nitrogens with one attached hydrogen (secondary N) is 1. The molecule has 1 aliphatic rings. The Labute approximate surface area is 131 Å². The monoisotopic (exact) mass is 300 g/mol. The molecule has 3 rings (SSSR count). The number of thiazole rings is 1. The summed E-state index contributed by atoms with van der Waals surface area (Å²) in [6.07, 6.45) is 3.59. The lowest BCUT2D eigenvalue weighted by atomic mass is 10.1. The number of hydrogen-bond acceptors (Lipinski definition) is 3. The van der Waals surface area contributed by atoms with Gasteiger partial charge in [0.25, 0.3) is 0 Å². The topological polar surface area (TPSA) is 24.9 Å². The van der Waals surface area contributed by atoms with Gasteiger partial charge in [-0.2, -0.15) is 0 Å². The van der Waals surface area contributed by atoms with Crippen LogP contribution in [0.25, 0.3) is 0 Å². The molecule has 2 aromatic rings. The summed E-state index contributed by atoms with van der Waals surface area (Å²) in [5.74, 6) is 0.725. The Morgan fingerprint density at radius 3 is 2.52 bits per heavy atom. The van der Waals surface area contributed by atoms with E-state index in [0.29, 0.717) is 0 Å². The third-order valence-corrected chi connectivity index (χ3v) is 4.78. The van der Waals surface area contributed by atoms with Gasteiger partial charge in [0.05, 0.1) is 10.7 Å². The van der Waals surface area contributed by atoms with E-state index < -0.39 is 0 Å². The van der Waals surface area contributed by atoms with Gasteiger partial charge in [0.1, 0.15) is 0 Å². The maximum Gasteiger partial charge on any atom is 0.0975 e. The first-order chi connectivity index (χ1) is 10.0. The molecule has 1 fully saturated rings. The molecule has 1 heterocycles. The molecule has 0 unspecified atom stereocenters. The zero-order chi connectivity index (χ0) is 14.9. The fourth-order valence-electron chi connectivity index (χ4n) is 2.41. The predicted molar refractivity (Wildman–Crippen MR) is 89.9 cm³/mol. The average molecular weight is 300 g/mol. The van der Waals surface area contributed by atoms with Crippen LogP contribution in [0.5, 0.6) is 0 Å². The normalized spacial score (nSPS) is 15.4. The van der Waals surface area contributed by atoms with Crippen molar-refractivity contribution in [3.63, 3.8) is 0 Å². The van der Waals surface area contributed by atoms with E-state index in [1.165, 1.54) is 34.0 Å². The van der Waals surface area contributed by atoms with Crippen LogP contribution in [0.15, 0.2) is 30.3 Å². The molecule has 1 aromatic carbocycles. The van der Waals surface area contributed by atoms with Gasteiger partial charge in [-0.05, 0) is 39.2 Å². The summed E-state index contributed by atoms with van der Waals surface area (Å²) in [7, 11) is 0. The summed E-state index contributed by atoms with van der Waals surface area (Å²) in [5, 5.41) is 4.87. The van der Waals surface area contributed by atoms with Gasteiger partial charge in [-0.15, -0.1) is 11.3 Å². The largest absolute Gasteiger partial charge is 0.307 e. The molecule has 0 atom stereocenters. The molecule has 0 spiro atoms. The Kier molecular flexibility index (Phi) is 4.14. The first-order valence-electron chi connectivity index (χ1n) is 7.79. The third-order valence-electron chi connectivity index (χ3n) is 3.71. The van der Waals surface area contributed by atoms with E-state index in [1.54, 1.807) is 0 Å². The van der Waals surface area contributed by atoms with E-state index >= 15 is 0 Å². The molecule has 112 valence electrons. The Balaban J connectivity index is 1.76. The molecule has 1 N–H and O–H groups in total. The summed E-state index contributed by atoms with van der Waals surface area (Å²) in [5.41, 5.74) is 2.87. The van der Waals surface area contributed by atoms with Crippen LogP contribution in [0.4, 0.5) is 0 Å². The van der Waals surface area contributed by atoms with E-state index in [9.17, 15) is 0 Å². The van der Waals surface area contributed by atoms with Crippen LogP contribution < -0.4 is 5.32 Å². The van der Waals surface area contributed by atoms with Gasteiger partial charge in [-0.25, -0.2) is 4.98 Å². The van der Waals surface area contributed by atoms with Crippen LogP contribution >= 0.6 is 11.3 Å². The van der Waals surface area contributed by atoms with Crippen molar-refractivity contribution in [2.24, 2.45) is 0 Å². The summed E-state index contributed by atoms with van der Waals surface area (Å²) >= 11 is 1.89. The Hall–Kier alpha value is -1.19. The Morgan fingerprint density at radius 2 is 1.90 bits per heavy atom. The molecule has 0 aliphatic heterocycles. The minimum Gasteiger partial charge on any atom is -0.307 e. The highest BCUT2D eigenvalue weighted by Gasteiger charge is 2.29. The van der Waals surface area contributed by atoms with Crippen LogP contribution in [0.1, 0.15) is 60.7 Å². The van der Waals surface area contributed by atoms with Gasteiger partial charge < -0.3 is 5.32 Å². The molecule has 0 amide bonds. The van der Waals surface area contributed by atoms with Crippen molar-refractivity contribution in [1.29, 1.82) is 0 Å². The molecule has 3 heteroatoms. The van der Waals surface area contributed by atoms with Crippen LogP contribution in [0.2, 0.25) is 0 Å². The quantitative estimate of drug-likeness (QED) is 0.879. The number of rotatable bonds is 5. The number of aromatic nitrogens is 1. The molecular weight excluding hydrogens is 276 g/mol. The standard InChI is InChI=1S/C18H24N2S/c1-18(2,3)19-12-15-17(14-9-10-14)20-16(21-15)11-13-7-5-4-6-8-13/h4-8,14,19H,9-12H2,1-3H3.